The summed E-state index contributed by atoms with van der Waals surface area (Å²) < 4.78 is 0. The Morgan fingerprint density at radius 2 is 2.18 bits per heavy atom. The van der Waals surface area contributed by atoms with Crippen molar-refractivity contribution in [3.8, 4) is 0 Å². The molecule has 17 heavy (non-hydrogen) atoms. The molecule has 0 spiro atoms. The Bertz CT molecular complexity index is 346. The number of nitrogens with zero attached hydrogens (tertiary/aromatic N) is 1. The van der Waals surface area contributed by atoms with Gasteiger partial charge in [0.25, 0.3) is 0 Å². The van der Waals surface area contributed by atoms with Gasteiger partial charge in [0, 0.05) is 13.5 Å². The van der Waals surface area contributed by atoms with E-state index in [-0.39, 0.29) is 5.91 Å². The third kappa shape index (κ3) is 5.33. The van der Waals surface area contributed by atoms with Gasteiger partial charge in [0.15, 0.2) is 0 Å². The average Bonchev–Trinajstić information content (AvgIpc) is 2.29. The lowest BCUT2D eigenvalue weighted by Crippen LogP contribution is -2.11. The van der Waals surface area contributed by atoms with Gasteiger partial charge in [-0.15, -0.1) is 0 Å². The standard InChI is InChI=1S/C13H21N3O/c1-10(2)5-4-6-13(17)16-11-7-8-12(14-3)15-9-11/h7-10H,4-6H2,1-3H3,(H,14,15)(H,16,17). The monoisotopic (exact) mass is 235 g/mol. The predicted octanol–water partition coefficient (Wildman–Crippen LogP) is 2.89. The number of pyridine rings is 1. The number of amides is 1. The summed E-state index contributed by atoms with van der Waals surface area (Å²) in [6, 6.07) is 3.68. The Morgan fingerprint density at radius 1 is 1.41 bits per heavy atom. The van der Waals surface area contributed by atoms with Crippen molar-refractivity contribution in [1.82, 2.24) is 4.98 Å². The second-order valence-corrected chi connectivity index (χ2v) is 4.52. The second kappa shape index (κ2) is 6.89. The SMILES string of the molecule is CNc1ccc(NC(=O)CCCC(C)C)cn1. The van der Waals surface area contributed by atoms with Crippen molar-refractivity contribution < 1.29 is 4.79 Å². The lowest BCUT2D eigenvalue weighted by molar-refractivity contribution is -0.116. The van der Waals surface area contributed by atoms with Crippen LogP contribution in [-0.4, -0.2) is 17.9 Å². The number of nitrogens with one attached hydrogen (secondary N) is 2. The van der Waals surface area contributed by atoms with Crippen LogP contribution in [0.4, 0.5) is 11.5 Å². The number of rotatable bonds is 6. The van der Waals surface area contributed by atoms with Gasteiger partial charge in [-0.25, -0.2) is 4.98 Å². The van der Waals surface area contributed by atoms with E-state index in [9.17, 15) is 4.79 Å². The van der Waals surface area contributed by atoms with Crippen LogP contribution in [0.1, 0.15) is 33.1 Å². The van der Waals surface area contributed by atoms with E-state index in [0.717, 1.165) is 24.3 Å². The van der Waals surface area contributed by atoms with Gasteiger partial charge in [0.2, 0.25) is 5.91 Å². The first-order valence-electron chi connectivity index (χ1n) is 6.05. The fourth-order valence-electron chi connectivity index (χ4n) is 1.51. The van der Waals surface area contributed by atoms with E-state index in [2.05, 4.69) is 29.5 Å². The van der Waals surface area contributed by atoms with E-state index in [1.165, 1.54) is 0 Å². The molecular weight excluding hydrogens is 214 g/mol. The smallest absolute Gasteiger partial charge is 0.224 e. The van der Waals surface area contributed by atoms with Crippen LogP contribution in [0.5, 0.6) is 0 Å². The van der Waals surface area contributed by atoms with Crippen molar-refractivity contribution in [2.75, 3.05) is 17.7 Å². The Balaban J connectivity index is 2.34. The quantitative estimate of drug-likeness (QED) is 0.797. The molecule has 0 aliphatic rings. The van der Waals surface area contributed by atoms with Gasteiger partial charge in [0.1, 0.15) is 5.82 Å². The minimum atomic E-state index is 0.0599. The minimum Gasteiger partial charge on any atom is -0.373 e. The van der Waals surface area contributed by atoms with Crippen LogP contribution in [0.15, 0.2) is 18.3 Å². The maximum Gasteiger partial charge on any atom is 0.224 e. The van der Waals surface area contributed by atoms with Gasteiger partial charge in [-0.2, -0.15) is 0 Å². The Labute approximate surface area is 103 Å². The highest BCUT2D eigenvalue weighted by Crippen LogP contribution is 2.11. The van der Waals surface area contributed by atoms with Crippen LogP contribution >= 0.6 is 0 Å². The van der Waals surface area contributed by atoms with Crippen LogP contribution in [0, 0.1) is 5.92 Å². The molecule has 0 aliphatic carbocycles. The predicted molar refractivity (Wildman–Crippen MR) is 71.1 cm³/mol. The number of aromatic nitrogens is 1. The molecule has 0 aromatic carbocycles. The molecule has 0 saturated carbocycles. The normalized spacial score (nSPS) is 10.4. The molecular formula is C13H21N3O. The van der Waals surface area contributed by atoms with Gasteiger partial charge in [-0.05, 0) is 24.5 Å². The fourth-order valence-corrected chi connectivity index (χ4v) is 1.51. The molecule has 1 aromatic heterocycles. The molecule has 0 aliphatic heterocycles. The van der Waals surface area contributed by atoms with E-state index in [1.54, 1.807) is 6.20 Å². The Morgan fingerprint density at radius 3 is 2.71 bits per heavy atom. The molecule has 0 radical (unpaired) electrons. The topological polar surface area (TPSA) is 54.0 Å². The molecule has 0 saturated heterocycles. The van der Waals surface area contributed by atoms with Gasteiger partial charge < -0.3 is 10.6 Å². The molecule has 4 nitrogen and oxygen atoms in total. The highest BCUT2D eigenvalue weighted by Gasteiger charge is 2.03. The van der Waals surface area contributed by atoms with Crippen molar-refractivity contribution in [3.63, 3.8) is 0 Å². The zero-order valence-corrected chi connectivity index (χ0v) is 10.8. The first-order valence-corrected chi connectivity index (χ1v) is 6.05. The van der Waals surface area contributed by atoms with Gasteiger partial charge >= 0.3 is 0 Å². The third-order valence-corrected chi connectivity index (χ3v) is 2.49. The summed E-state index contributed by atoms with van der Waals surface area (Å²) in [5.41, 5.74) is 0.749. The molecule has 1 heterocycles. The van der Waals surface area contributed by atoms with Crippen LogP contribution in [0.25, 0.3) is 0 Å². The van der Waals surface area contributed by atoms with Crippen molar-refractivity contribution in [3.05, 3.63) is 18.3 Å². The molecule has 1 rings (SSSR count). The summed E-state index contributed by atoms with van der Waals surface area (Å²) in [5.74, 6) is 1.51. The molecule has 1 aromatic rings. The van der Waals surface area contributed by atoms with Crippen molar-refractivity contribution in [2.45, 2.75) is 33.1 Å². The summed E-state index contributed by atoms with van der Waals surface area (Å²) in [4.78, 5) is 15.7. The minimum absolute atomic E-state index is 0.0599. The highest BCUT2D eigenvalue weighted by molar-refractivity contribution is 5.90. The van der Waals surface area contributed by atoms with Gasteiger partial charge in [0.05, 0.1) is 11.9 Å². The van der Waals surface area contributed by atoms with Gasteiger partial charge in [-0.1, -0.05) is 20.3 Å². The molecule has 2 N–H and O–H groups in total. The number of anilines is 2. The first kappa shape index (κ1) is 13.5. The number of carbonyl (C=O) groups is 1. The van der Waals surface area contributed by atoms with E-state index >= 15 is 0 Å². The van der Waals surface area contributed by atoms with Crippen LogP contribution in [-0.2, 0) is 4.79 Å². The van der Waals surface area contributed by atoms with Crippen LogP contribution in [0.2, 0.25) is 0 Å². The molecule has 0 bridgehead atoms. The molecule has 0 atom stereocenters. The van der Waals surface area contributed by atoms with Crippen molar-refractivity contribution in [1.29, 1.82) is 0 Å². The summed E-state index contributed by atoms with van der Waals surface area (Å²) >= 11 is 0. The molecule has 0 unspecified atom stereocenters. The largest absolute Gasteiger partial charge is 0.373 e. The Hall–Kier alpha value is -1.58. The van der Waals surface area contributed by atoms with E-state index in [1.807, 2.05) is 19.2 Å². The maximum atomic E-state index is 11.6. The zero-order chi connectivity index (χ0) is 12.7. The van der Waals surface area contributed by atoms with E-state index in [0.29, 0.717) is 12.3 Å². The average molecular weight is 235 g/mol. The molecule has 1 amide bonds. The first-order chi connectivity index (χ1) is 8.11. The van der Waals surface area contributed by atoms with Crippen LogP contribution in [0.3, 0.4) is 0 Å². The maximum absolute atomic E-state index is 11.6. The zero-order valence-electron chi connectivity index (χ0n) is 10.8. The fraction of sp³-hybridized carbons (Fsp3) is 0.538. The second-order valence-electron chi connectivity index (χ2n) is 4.52. The number of hydrogen-bond donors (Lipinski definition) is 2. The number of hydrogen-bond acceptors (Lipinski definition) is 3. The summed E-state index contributed by atoms with van der Waals surface area (Å²) in [6.07, 6.45) is 4.26. The van der Waals surface area contributed by atoms with E-state index < -0.39 is 0 Å². The van der Waals surface area contributed by atoms with Gasteiger partial charge in [-0.3, -0.25) is 4.79 Å². The Kier molecular flexibility index (Phi) is 5.46. The lowest BCUT2D eigenvalue weighted by atomic mass is 10.1. The summed E-state index contributed by atoms with van der Waals surface area (Å²) in [6.45, 7) is 4.33. The van der Waals surface area contributed by atoms with Crippen molar-refractivity contribution >= 4 is 17.4 Å². The molecule has 94 valence electrons. The van der Waals surface area contributed by atoms with E-state index in [4.69, 9.17) is 0 Å². The highest BCUT2D eigenvalue weighted by atomic mass is 16.1. The van der Waals surface area contributed by atoms with Crippen molar-refractivity contribution in [2.24, 2.45) is 5.92 Å². The lowest BCUT2D eigenvalue weighted by Gasteiger charge is -2.06. The summed E-state index contributed by atoms with van der Waals surface area (Å²) in [7, 11) is 1.81. The number of carbonyl (C=O) groups excluding carboxylic acids is 1. The summed E-state index contributed by atoms with van der Waals surface area (Å²) in [5, 5.41) is 5.77. The van der Waals surface area contributed by atoms with Crippen LogP contribution < -0.4 is 10.6 Å². The molecule has 4 heteroatoms. The third-order valence-electron chi connectivity index (χ3n) is 2.49. The molecule has 0 fully saturated rings.